The average Bonchev–Trinajstić information content (AvgIpc) is 3.37. The van der Waals surface area contributed by atoms with Crippen molar-refractivity contribution in [3.8, 4) is 0 Å². The van der Waals surface area contributed by atoms with Crippen LogP contribution in [0.25, 0.3) is 5.57 Å². The van der Waals surface area contributed by atoms with E-state index >= 15 is 0 Å². The first kappa shape index (κ1) is 17.8. The summed E-state index contributed by atoms with van der Waals surface area (Å²) in [5.74, 6) is -0.459. The second-order valence-corrected chi connectivity index (χ2v) is 8.08. The summed E-state index contributed by atoms with van der Waals surface area (Å²) in [5.41, 5.74) is 4.13. The van der Waals surface area contributed by atoms with Gasteiger partial charge in [0.2, 0.25) is 0 Å². The Morgan fingerprint density at radius 2 is 1.79 bits per heavy atom. The van der Waals surface area contributed by atoms with Gasteiger partial charge in [-0.15, -0.1) is 11.3 Å². The van der Waals surface area contributed by atoms with E-state index in [0.717, 1.165) is 35.5 Å². The molecule has 3 aromatic rings. The predicted molar refractivity (Wildman–Crippen MR) is 113 cm³/mol. The topological polar surface area (TPSA) is 53.5 Å². The molecular formula is C23H19N3O2S. The SMILES string of the molecule is O=C1C(c2cccs2)=C(N2CCCc3ccccc32)C(=O)N1Cc1ccncc1. The van der Waals surface area contributed by atoms with Gasteiger partial charge in [-0.3, -0.25) is 19.5 Å². The van der Waals surface area contributed by atoms with E-state index in [1.165, 1.54) is 21.8 Å². The van der Waals surface area contributed by atoms with Crippen LogP contribution in [-0.2, 0) is 22.6 Å². The molecule has 2 amide bonds. The molecule has 0 saturated heterocycles. The summed E-state index contributed by atoms with van der Waals surface area (Å²) >= 11 is 1.49. The Bertz CT molecular complexity index is 1110. The standard InChI is InChI=1S/C23H19N3O2S/c27-22-20(19-8-4-14-29-19)21(23(28)26(22)15-16-9-11-24-12-10-16)25-13-3-6-17-5-1-2-7-18(17)25/h1-2,4-5,7-12,14H,3,6,13,15H2. The van der Waals surface area contributed by atoms with Gasteiger partial charge >= 0.3 is 0 Å². The first-order valence-corrected chi connectivity index (χ1v) is 10.5. The number of hydrogen-bond acceptors (Lipinski definition) is 5. The second kappa shape index (κ2) is 7.29. The van der Waals surface area contributed by atoms with E-state index in [9.17, 15) is 9.59 Å². The van der Waals surface area contributed by atoms with Crippen LogP contribution < -0.4 is 4.90 Å². The monoisotopic (exact) mass is 401 g/mol. The lowest BCUT2D eigenvalue weighted by atomic mass is 10.00. The maximum atomic E-state index is 13.5. The predicted octanol–water partition coefficient (Wildman–Crippen LogP) is 3.88. The van der Waals surface area contributed by atoms with Gasteiger partial charge in [0.25, 0.3) is 11.8 Å². The van der Waals surface area contributed by atoms with Gasteiger partial charge in [-0.1, -0.05) is 24.3 Å². The minimum absolute atomic E-state index is 0.229. The highest BCUT2D eigenvalue weighted by molar-refractivity contribution is 7.11. The number of aromatic nitrogens is 1. The number of amides is 2. The zero-order valence-corrected chi connectivity index (χ0v) is 16.6. The molecule has 2 aromatic heterocycles. The summed E-state index contributed by atoms with van der Waals surface area (Å²) in [4.78, 5) is 35.2. The van der Waals surface area contributed by atoms with Crippen molar-refractivity contribution in [2.75, 3.05) is 11.4 Å². The van der Waals surface area contributed by atoms with E-state index in [1.54, 1.807) is 12.4 Å². The molecule has 0 spiro atoms. The number of thiophene rings is 1. The Kier molecular flexibility index (Phi) is 4.48. The highest BCUT2D eigenvalue weighted by Gasteiger charge is 2.43. The number of rotatable bonds is 4. The first-order valence-electron chi connectivity index (χ1n) is 9.63. The molecule has 144 valence electrons. The van der Waals surface area contributed by atoms with Gasteiger partial charge in [-0.25, -0.2) is 0 Å². The van der Waals surface area contributed by atoms with Crippen molar-refractivity contribution in [3.05, 3.63) is 88.0 Å². The van der Waals surface area contributed by atoms with Gasteiger partial charge in [-0.2, -0.15) is 0 Å². The van der Waals surface area contributed by atoms with Gasteiger partial charge in [-0.05, 0) is 53.6 Å². The first-order chi connectivity index (χ1) is 14.2. The van der Waals surface area contributed by atoms with Crippen molar-refractivity contribution >= 4 is 34.4 Å². The van der Waals surface area contributed by atoms with Crippen LogP contribution >= 0.6 is 11.3 Å². The van der Waals surface area contributed by atoms with Crippen LogP contribution in [0.2, 0.25) is 0 Å². The van der Waals surface area contributed by atoms with Gasteiger partial charge < -0.3 is 4.90 Å². The molecule has 0 radical (unpaired) electrons. The maximum Gasteiger partial charge on any atom is 0.278 e. The number of aryl methyl sites for hydroxylation is 1. The third-order valence-corrected chi connectivity index (χ3v) is 6.27. The number of fused-ring (bicyclic) bond motifs is 1. The lowest BCUT2D eigenvalue weighted by Crippen LogP contribution is -2.36. The zero-order valence-electron chi connectivity index (χ0n) is 15.7. The molecule has 0 saturated carbocycles. The second-order valence-electron chi connectivity index (χ2n) is 7.14. The van der Waals surface area contributed by atoms with Crippen molar-refractivity contribution in [1.82, 2.24) is 9.88 Å². The van der Waals surface area contributed by atoms with Gasteiger partial charge in [0, 0.05) is 29.5 Å². The molecule has 0 atom stereocenters. The highest BCUT2D eigenvalue weighted by Crippen LogP contribution is 2.39. The van der Waals surface area contributed by atoms with Crippen LogP contribution in [0.4, 0.5) is 5.69 Å². The van der Waals surface area contributed by atoms with Crippen LogP contribution in [0.5, 0.6) is 0 Å². The fourth-order valence-electron chi connectivity index (χ4n) is 4.04. The Balaban J connectivity index is 1.61. The van der Waals surface area contributed by atoms with Crippen molar-refractivity contribution < 1.29 is 9.59 Å². The van der Waals surface area contributed by atoms with E-state index in [-0.39, 0.29) is 18.4 Å². The van der Waals surface area contributed by atoms with Crippen molar-refractivity contribution in [2.24, 2.45) is 0 Å². The molecule has 0 aliphatic carbocycles. The molecule has 0 fully saturated rings. The van der Waals surface area contributed by atoms with E-state index in [2.05, 4.69) is 11.1 Å². The molecule has 5 nitrogen and oxygen atoms in total. The number of benzene rings is 1. The van der Waals surface area contributed by atoms with E-state index < -0.39 is 0 Å². The van der Waals surface area contributed by atoms with Crippen molar-refractivity contribution in [3.63, 3.8) is 0 Å². The molecule has 0 N–H and O–H groups in total. The van der Waals surface area contributed by atoms with Crippen molar-refractivity contribution in [2.45, 2.75) is 19.4 Å². The van der Waals surface area contributed by atoms with Crippen molar-refractivity contribution in [1.29, 1.82) is 0 Å². The molecule has 29 heavy (non-hydrogen) atoms. The molecule has 2 aliphatic rings. The Hall–Kier alpha value is -3.25. The van der Waals surface area contributed by atoms with Crippen LogP contribution in [0, 0.1) is 0 Å². The molecule has 6 heteroatoms. The fraction of sp³-hybridized carbons (Fsp3) is 0.174. The summed E-state index contributed by atoms with van der Waals surface area (Å²) in [6.45, 7) is 0.970. The number of imide groups is 1. The van der Waals surface area contributed by atoms with Crippen LogP contribution in [0.15, 0.2) is 72.0 Å². The molecule has 0 unspecified atom stereocenters. The maximum absolute atomic E-state index is 13.5. The fourth-order valence-corrected chi connectivity index (χ4v) is 4.80. The third kappa shape index (κ3) is 3.06. The number of para-hydroxylation sites is 1. The summed E-state index contributed by atoms with van der Waals surface area (Å²) in [6, 6.07) is 15.6. The van der Waals surface area contributed by atoms with Crippen LogP contribution in [0.1, 0.15) is 22.4 Å². The minimum Gasteiger partial charge on any atom is -0.336 e. The van der Waals surface area contributed by atoms with E-state index in [0.29, 0.717) is 11.3 Å². The van der Waals surface area contributed by atoms with Crippen LogP contribution in [-0.4, -0.2) is 28.2 Å². The molecule has 2 aliphatic heterocycles. The third-order valence-electron chi connectivity index (χ3n) is 5.38. The molecule has 0 bridgehead atoms. The number of carbonyl (C=O) groups is 2. The van der Waals surface area contributed by atoms with E-state index in [1.807, 2.05) is 52.7 Å². The number of nitrogens with zero attached hydrogens (tertiary/aromatic N) is 3. The quantitative estimate of drug-likeness (QED) is 0.623. The van der Waals surface area contributed by atoms with Gasteiger partial charge in [0.1, 0.15) is 5.70 Å². The smallest absolute Gasteiger partial charge is 0.278 e. The molecule has 1 aromatic carbocycles. The molecular weight excluding hydrogens is 382 g/mol. The van der Waals surface area contributed by atoms with Gasteiger partial charge in [0.15, 0.2) is 0 Å². The minimum atomic E-state index is -0.230. The highest BCUT2D eigenvalue weighted by atomic mass is 32.1. The average molecular weight is 401 g/mol. The number of carbonyl (C=O) groups excluding carboxylic acids is 2. The molecule has 5 rings (SSSR count). The normalized spacial score (nSPS) is 16.6. The zero-order chi connectivity index (χ0) is 19.8. The summed E-state index contributed by atoms with van der Waals surface area (Å²) in [6.07, 6.45) is 5.28. The van der Waals surface area contributed by atoms with Crippen LogP contribution in [0.3, 0.4) is 0 Å². The largest absolute Gasteiger partial charge is 0.336 e. The summed E-state index contributed by atoms with van der Waals surface area (Å²) < 4.78 is 0. The lowest BCUT2D eigenvalue weighted by molar-refractivity contribution is -0.137. The van der Waals surface area contributed by atoms with Gasteiger partial charge in [0.05, 0.1) is 12.1 Å². The Morgan fingerprint density at radius 3 is 2.59 bits per heavy atom. The lowest BCUT2D eigenvalue weighted by Gasteiger charge is -2.32. The number of hydrogen-bond donors (Lipinski definition) is 0. The Morgan fingerprint density at radius 1 is 0.966 bits per heavy atom. The summed E-state index contributed by atoms with van der Waals surface area (Å²) in [7, 11) is 0. The number of pyridine rings is 1. The molecule has 4 heterocycles. The Labute approximate surface area is 172 Å². The number of anilines is 1. The van der Waals surface area contributed by atoms with E-state index in [4.69, 9.17) is 0 Å². The summed E-state index contributed by atoms with van der Waals surface area (Å²) in [5, 5.41) is 1.94.